The van der Waals surface area contributed by atoms with E-state index in [-0.39, 0.29) is 5.91 Å². The van der Waals surface area contributed by atoms with Crippen LogP contribution in [0.4, 0.5) is 0 Å². The average molecular weight is 570 g/mol. The van der Waals surface area contributed by atoms with Gasteiger partial charge in [0.1, 0.15) is 23.2 Å². The second-order valence-corrected chi connectivity index (χ2v) is 11.1. The summed E-state index contributed by atoms with van der Waals surface area (Å²) in [6.07, 6.45) is 5.43. The summed E-state index contributed by atoms with van der Waals surface area (Å²) >= 11 is 0. The lowest BCUT2D eigenvalue weighted by molar-refractivity contribution is -0.232. The number of hydrogen-bond acceptors (Lipinski definition) is 5. The molecule has 0 saturated heterocycles. The first-order valence-electron chi connectivity index (χ1n) is 14.7. The van der Waals surface area contributed by atoms with Crippen molar-refractivity contribution in [1.82, 2.24) is 5.32 Å². The third-order valence-corrected chi connectivity index (χ3v) is 8.19. The zero-order chi connectivity index (χ0) is 29.2. The molecule has 7 rings (SSSR count). The van der Waals surface area contributed by atoms with Crippen molar-refractivity contribution in [2.45, 2.75) is 37.6 Å². The van der Waals surface area contributed by atoms with Crippen molar-refractivity contribution in [3.8, 4) is 17.1 Å². The Hall–Kier alpha value is -4.94. The zero-order valence-corrected chi connectivity index (χ0v) is 23.6. The topological polar surface area (TPSA) is 77.8 Å². The Morgan fingerprint density at radius 3 is 2.49 bits per heavy atom. The van der Waals surface area contributed by atoms with Crippen molar-refractivity contribution >= 4 is 22.8 Å². The normalized spacial score (nSPS) is 18.6. The molecule has 0 radical (unpaired) electrons. The van der Waals surface area contributed by atoms with Gasteiger partial charge in [0.15, 0.2) is 0 Å². The van der Waals surface area contributed by atoms with Gasteiger partial charge in [-0.3, -0.25) is 4.79 Å². The molecule has 2 bridgehead atoms. The molecule has 6 heteroatoms. The van der Waals surface area contributed by atoms with Crippen LogP contribution >= 0.6 is 0 Å². The summed E-state index contributed by atoms with van der Waals surface area (Å²) in [7, 11) is 0. The number of unbranched alkanes of at least 4 members (excludes halogenated alkanes) is 1. The first-order valence-corrected chi connectivity index (χ1v) is 14.7. The van der Waals surface area contributed by atoms with Gasteiger partial charge in [-0.15, -0.1) is 0 Å². The van der Waals surface area contributed by atoms with E-state index >= 15 is 0 Å². The first kappa shape index (κ1) is 26.9. The van der Waals surface area contributed by atoms with Crippen LogP contribution in [0.5, 0.6) is 5.75 Å². The lowest BCUT2D eigenvalue weighted by Gasteiger charge is -2.46. The minimum atomic E-state index is -0.938. The Balaban J connectivity index is 1.15. The van der Waals surface area contributed by atoms with Gasteiger partial charge in [0.25, 0.3) is 0 Å². The molecule has 0 unspecified atom stereocenters. The van der Waals surface area contributed by atoms with Crippen LogP contribution in [0.25, 0.3) is 28.2 Å². The summed E-state index contributed by atoms with van der Waals surface area (Å²) in [6.45, 7) is 0.539. The number of hydrogen-bond donors (Lipinski definition) is 1. The molecular formula is C37H31NO5. The number of ether oxygens (including phenoxy) is 2. The van der Waals surface area contributed by atoms with E-state index in [0.717, 1.165) is 45.9 Å². The summed E-state index contributed by atoms with van der Waals surface area (Å²) in [4.78, 5) is 25.9. The maximum absolute atomic E-state index is 13.5. The number of rotatable bonds is 8. The van der Waals surface area contributed by atoms with Gasteiger partial charge in [-0.25, -0.2) is 4.79 Å². The molecule has 0 saturated carbocycles. The van der Waals surface area contributed by atoms with Gasteiger partial charge >= 0.3 is 5.63 Å². The number of nitrogens with one attached hydrogen (secondary N) is 1. The monoisotopic (exact) mass is 569 g/mol. The third kappa shape index (κ3) is 5.38. The van der Waals surface area contributed by atoms with Gasteiger partial charge in [0.05, 0.1) is 0 Å². The maximum Gasteiger partial charge on any atom is 0.346 e. The summed E-state index contributed by atoms with van der Waals surface area (Å²) in [5.41, 5.74) is 3.82. The highest BCUT2D eigenvalue weighted by Crippen LogP contribution is 2.51. The zero-order valence-electron chi connectivity index (χ0n) is 23.6. The minimum absolute atomic E-state index is 0.125. The quantitative estimate of drug-likeness (QED) is 0.158. The Labute approximate surface area is 249 Å². The van der Waals surface area contributed by atoms with Gasteiger partial charge in [0, 0.05) is 37.1 Å². The summed E-state index contributed by atoms with van der Waals surface area (Å²) in [5, 5.41) is 5.12. The van der Waals surface area contributed by atoms with Crippen LogP contribution in [0, 0.1) is 0 Å². The predicted octanol–water partition coefficient (Wildman–Crippen LogP) is 7.21. The van der Waals surface area contributed by atoms with Gasteiger partial charge < -0.3 is 19.2 Å². The largest absolute Gasteiger partial charge is 0.461 e. The second kappa shape index (κ2) is 11.4. The van der Waals surface area contributed by atoms with Crippen LogP contribution in [-0.2, 0) is 16.0 Å². The van der Waals surface area contributed by atoms with E-state index in [4.69, 9.17) is 13.9 Å². The summed E-state index contributed by atoms with van der Waals surface area (Å²) in [6, 6.07) is 33.5. The fourth-order valence-corrected chi connectivity index (χ4v) is 6.15. The van der Waals surface area contributed by atoms with E-state index in [1.54, 1.807) is 12.2 Å². The molecule has 0 fully saturated rings. The Kier molecular flexibility index (Phi) is 7.13. The number of amides is 1. The maximum atomic E-state index is 13.5. The van der Waals surface area contributed by atoms with E-state index in [1.807, 2.05) is 78.9 Å². The summed E-state index contributed by atoms with van der Waals surface area (Å²) < 4.78 is 19.2. The molecule has 214 valence electrons. The molecule has 2 aliphatic rings. The SMILES string of the molecule is O=C(/C=C/c1ccccc1)NCCCC[C@]12Cc3ccc4ccccc4c3[C@H](O1)c1c(cc(-c3ccccc3)oc1=O)O2. The standard InChI is InChI=1S/C37H31NO5/c39-32(20-17-25-11-3-1-4-12-25)38-22-10-9-21-37-24-28-19-18-26-13-7-8-16-29(26)33(28)35(43-37)34-31(42-37)23-30(41-36(34)40)27-14-5-2-6-15-27/h1-8,11-20,23,35H,9-10,21-22,24H2,(H,38,39)/b20-17+/t35-,37+/m0/s1. The first-order chi connectivity index (χ1) is 21.1. The van der Waals surface area contributed by atoms with Gasteiger partial charge in [-0.05, 0) is 46.4 Å². The molecular weight excluding hydrogens is 538 g/mol. The van der Waals surface area contributed by atoms with Gasteiger partial charge in [-0.1, -0.05) is 97.1 Å². The molecule has 5 aromatic rings. The second-order valence-electron chi connectivity index (χ2n) is 11.1. The van der Waals surface area contributed by atoms with Crippen molar-refractivity contribution < 1.29 is 18.7 Å². The predicted molar refractivity (Wildman–Crippen MR) is 167 cm³/mol. The van der Waals surface area contributed by atoms with E-state index in [9.17, 15) is 9.59 Å². The van der Waals surface area contributed by atoms with Crippen molar-refractivity contribution in [3.05, 3.63) is 142 Å². The molecule has 3 heterocycles. The minimum Gasteiger partial charge on any atom is -0.461 e. The van der Waals surface area contributed by atoms with Crippen LogP contribution in [0.3, 0.4) is 0 Å². The van der Waals surface area contributed by atoms with Crippen LogP contribution in [-0.4, -0.2) is 18.2 Å². The van der Waals surface area contributed by atoms with Crippen molar-refractivity contribution in [3.63, 3.8) is 0 Å². The molecule has 6 nitrogen and oxygen atoms in total. The lowest BCUT2D eigenvalue weighted by atomic mass is 9.83. The number of benzene rings is 4. The molecule has 0 aliphatic carbocycles. The Bertz CT molecular complexity index is 1880. The van der Waals surface area contributed by atoms with Crippen LogP contribution in [0.15, 0.2) is 118 Å². The van der Waals surface area contributed by atoms with Crippen molar-refractivity contribution in [1.29, 1.82) is 0 Å². The van der Waals surface area contributed by atoms with Crippen LogP contribution < -0.4 is 15.7 Å². The van der Waals surface area contributed by atoms with E-state index in [2.05, 4.69) is 29.6 Å². The number of carbonyl (C=O) groups is 1. The molecule has 2 aliphatic heterocycles. The smallest absolute Gasteiger partial charge is 0.346 e. The van der Waals surface area contributed by atoms with E-state index < -0.39 is 17.5 Å². The van der Waals surface area contributed by atoms with Crippen molar-refractivity contribution in [2.24, 2.45) is 0 Å². The fourth-order valence-electron chi connectivity index (χ4n) is 6.15. The van der Waals surface area contributed by atoms with E-state index in [1.165, 1.54) is 0 Å². The number of carbonyl (C=O) groups excluding carboxylic acids is 1. The third-order valence-electron chi connectivity index (χ3n) is 8.19. The van der Waals surface area contributed by atoms with E-state index in [0.29, 0.717) is 36.5 Å². The molecule has 1 aromatic heterocycles. The highest BCUT2D eigenvalue weighted by atomic mass is 16.7. The summed E-state index contributed by atoms with van der Waals surface area (Å²) in [5.74, 6) is -0.0977. The Morgan fingerprint density at radius 1 is 0.884 bits per heavy atom. The fraction of sp³-hybridized carbons (Fsp3) is 0.189. The molecule has 4 aromatic carbocycles. The highest BCUT2D eigenvalue weighted by molar-refractivity contribution is 5.91. The molecule has 0 spiro atoms. The molecule has 1 N–H and O–H groups in total. The highest BCUT2D eigenvalue weighted by Gasteiger charge is 2.49. The van der Waals surface area contributed by atoms with Gasteiger partial charge in [0.2, 0.25) is 11.7 Å². The van der Waals surface area contributed by atoms with Gasteiger partial charge in [-0.2, -0.15) is 0 Å². The number of fused-ring (bicyclic) bond motifs is 8. The molecule has 43 heavy (non-hydrogen) atoms. The average Bonchev–Trinajstić information content (AvgIpc) is 3.04. The Morgan fingerprint density at radius 2 is 1.65 bits per heavy atom. The van der Waals surface area contributed by atoms with Crippen LogP contribution in [0.2, 0.25) is 0 Å². The molecule has 2 atom stereocenters. The lowest BCUT2D eigenvalue weighted by Crippen LogP contribution is -2.50. The van der Waals surface area contributed by atoms with Crippen LogP contribution in [0.1, 0.15) is 47.6 Å². The molecule has 1 amide bonds. The van der Waals surface area contributed by atoms with Crippen molar-refractivity contribution in [2.75, 3.05) is 6.54 Å².